The second-order valence-electron chi connectivity index (χ2n) is 3.69. The van der Waals surface area contributed by atoms with Crippen molar-refractivity contribution in [3.05, 3.63) is 59.4 Å². The first-order valence-electron chi connectivity index (χ1n) is 5.18. The van der Waals surface area contributed by atoms with Gasteiger partial charge in [-0.2, -0.15) is 0 Å². The summed E-state index contributed by atoms with van der Waals surface area (Å²) in [5, 5.41) is 3.26. The number of pyridine rings is 1. The molecule has 0 N–H and O–H groups in total. The first kappa shape index (κ1) is 10.0. The number of thiophene rings is 1. The molecule has 0 saturated heterocycles. The molecule has 1 aromatic carbocycles. The lowest BCUT2D eigenvalue weighted by atomic mass is 10.1. The van der Waals surface area contributed by atoms with Crippen LogP contribution in [0.15, 0.2) is 48.0 Å². The topological polar surface area (TPSA) is 17.2 Å². The number of aromatic nitrogens is 1. The summed E-state index contributed by atoms with van der Waals surface area (Å²) in [5.41, 5.74) is 2.56. The summed E-state index contributed by atoms with van der Waals surface area (Å²) in [6.45, 7) is 7.02. The van der Waals surface area contributed by atoms with E-state index in [2.05, 4.69) is 27.3 Å². The van der Waals surface area contributed by atoms with Crippen LogP contribution in [0.25, 0.3) is 26.2 Å². The molecule has 0 unspecified atom stereocenters. The van der Waals surface area contributed by atoms with Gasteiger partial charge in [0.15, 0.2) is 5.69 Å². The van der Waals surface area contributed by atoms with Crippen LogP contribution in [0.2, 0.25) is 0 Å². The van der Waals surface area contributed by atoms with Gasteiger partial charge in [-0.1, -0.05) is 18.2 Å². The summed E-state index contributed by atoms with van der Waals surface area (Å²) < 4.78 is 1.19. The fourth-order valence-corrected chi connectivity index (χ4v) is 2.50. The summed E-state index contributed by atoms with van der Waals surface area (Å²) in [6.07, 6.45) is 1.89. The lowest BCUT2D eigenvalue weighted by Gasteiger charge is -2.01. The van der Waals surface area contributed by atoms with Gasteiger partial charge in [-0.05, 0) is 34.5 Å². The van der Waals surface area contributed by atoms with Gasteiger partial charge in [0.2, 0.25) is 0 Å². The van der Waals surface area contributed by atoms with Crippen LogP contribution in [0, 0.1) is 6.57 Å². The molecule has 3 aromatic rings. The molecule has 0 bridgehead atoms. The van der Waals surface area contributed by atoms with Crippen molar-refractivity contribution < 1.29 is 0 Å². The summed E-state index contributed by atoms with van der Waals surface area (Å²) in [6, 6.07) is 11.7. The number of rotatable bonds is 1. The van der Waals surface area contributed by atoms with Crippen LogP contribution in [0.5, 0.6) is 0 Å². The van der Waals surface area contributed by atoms with E-state index in [4.69, 9.17) is 6.57 Å². The van der Waals surface area contributed by atoms with Crippen molar-refractivity contribution in [2.75, 3.05) is 0 Å². The van der Waals surface area contributed by atoms with E-state index in [0.29, 0.717) is 5.69 Å². The average molecular weight is 236 g/mol. The summed E-state index contributed by atoms with van der Waals surface area (Å²) in [4.78, 5) is 7.87. The molecule has 2 nitrogen and oxygen atoms in total. The third kappa shape index (κ3) is 1.79. The lowest BCUT2D eigenvalue weighted by molar-refractivity contribution is 1.37. The molecule has 0 fully saturated rings. The van der Waals surface area contributed by atoms with Crippen LogP contribution in [-0.4, -0.2) is 4.98 Å². The van der Waals surface area contributed by atoms with Gasteiger partial charge < -0.3 is 0 Å². The van der Waals surface area contributed by atoms with Gasteiger partial charge in [-0.25, -0.2) is 4.85 Å². The zero-order valence-electron chi connectivity index (χ0n) is 8.92. The number of nitrogens with zero attached hydrogens (tertiary/aromatic N) is 2. The van der Waals surface area contributed by atoms with Gasteiger partial charge in [0, 0.05) is 6.20 Å². The molecule has 0 radical (unpaired) electrons. The minimum absolute atomic E-state index is 0.648. The first-order valence-corrected chi connectivity index (χ1v) is 6.06. The molecule has 0 aliphatic heterocycles. The Bertz CT molecular complexity index is 722. The Balaban J connectivity index is 2.16. The van der Waals surface area contributed by atoms with E-state index in [1.807, 2.05) is 24.4 Å². The molecule has 2 heterocycles. The highest BCUT2D eigenvalue weighted by atomic mass is 32.1. The van der Waals surface area contributed by atoms with Gasteiger partial charge in [-0.15, -0.1) is 11.3 Å². The highest BCUT2D eigenvalue weighted by Gasteiger charge is 2.02. The number of fused-ring (bicyclic) bond motifs is 1. The summed E-state index contributed by atoms with van der Waals surface area (Å²) in [5.74, 6) is 0. The third-order valence-corrected chi connectivity index (χ3v) is 3.48. The predicted molar refractivity (Wildman–Crippen MR) is 71.3 cm³/mol. The zero-order chi connectivity index (χ0) is 11.7. The van der Waals surface area contributed by atoms with Crippen molar-refractivity contribution >= 4 is 27.1 Å². The van der Waals surface area contributed by atoms with Gasteiger partial charge in [0.05, 0.1) is 17.0 Å². The molecule has 3 rings (SSSR count). The van der Waals surface area contributed by atoms with Crippen LogP contribution in [0.3, 0.4) is 0 Å². The Morgan fingerprint density at radius 3 is 3.00 bits per heavy atom. The third-order valence-electron chi connectivity index (χ3n) is 2.61. The van der Waals surface area contributed by atoms with Gasteiger partial charge in [0.25, 0.3) is 0 Å². The number of hydrogen-bond acceptors (Lipinski definition) is 2. The van der Waals surface area contributed by atoms with Crippen molar-refractivity contribution in [1.29, 1.82) is 0 Å². The van der Waals surface area contributed by atoms with Crippen LogP contribution >= 0.6 is 11.3 Å². The highest BCUT2D eigenvalue weighted by Crippen LogP contribution is 2.27. The Morgan fingerprint density at radius 2 is 2.12 bits per heavy atom. The van der Waals surface area contributed by atoms with Crippen molar-refractivity contribution in [3.63, 3.8) is 0 Å². The van der Waals surface area contributed by atoms with Gasteiger partial charge >= 0.3 is 0 Å². The van der Waals surface area contributed by atoms with Crippen molar-refractivity contribution in [3.8, 4) is 11.3 Å². The molecule has 0 spiro atoms. The second kappa shape index (κ2) is 4.00. The number of benzene rings is 1. The van der Waals surface area contributed by atoms with Crippen LogP contribution in [0.1, 0.15) is 0 Å². The molecule has 2 aromatic heterocycles. The smallest absolute Gasteiger partial charge is 0.187 e. The van der Waals surface area contributed by atoms with Crippen molar-refractivity contribution in [2.24, 2.45) is 0 Å². The van der Waals surface area contributed by atoms with E-state index in [9.17, 15) is 0 Å². The molecule has 0 atom stereocenters. The largest absolute Gasteiger partial charge is 0.255 e. The normalized spacial score (nSPS) is 10.3. The van der Waals surface area contributed by atoms with Crippen molar-refractivity contribution in [2.45, 2.75) is 0 Å². The Morgan fingerprint density at radius 1 is 1.18 bits per heavy atom. The maximum absolute atomic E-state index is 7.02. The van der Waals surface area contributed by atoms with Crippen LogP contribution in [-0.2, 0) is 0 Å². The van der Waals surface area contributed by atoms with E-state index >= 15 is 0 Å². The zero-order valence-corrected chi connectivity index (χ0v) is 9.74. The fraction of sp³-hybridized carbons (Fsp3) is 0. The maximum Gasteiger partial charge on any atom is 0.187 e. The minimum Gasteiger partial charge on any atom is -0.255 e. The molecule has 0 amide bonds. The first-order chi connectivity index (χ1) is 8.36. The Kier molecular flexibility index (Phi) is 2.36. The average Bonchev–Trinajstić information content (AvgIpc) is 2.86. The van der Waals surface area contributed by atoms with E-state index in [0.717, 1.165) is 11.3 Å². The lowest BCUT2D eigenvalue weighted by Crippen LogP contribution is -1.81. The summed E-state index contributed by atoms with van der Waals surface area (Å²) >= 11 is 1.69. The van der Waals surface area contributed by atoms with E-state index < -0.39 is 0 Å². The Labute approximate surface area is 103 Å². The molecule has 17 heavy (non-hydrogen) atoms. The standard InChI is InChI=1S/C14H8N2S/c1-15-12-4-2-3-10(7-12)13-8-11-5-6-17-14(11)9-16-13/h2-9H. The Hall–Kier alpha value is -2.18. The molecule has 0 aliphatic rings. The molecule has 0 saturated carbocycles. The monoisotopic (exact) mass is 236 g/mol. The van der Waals surface area contributed by atoms with Crippen LogP contribution < -0.4 is 0 Å². The minimum atomic E-state index is 0.648. The highest BCUT2D eigenvalue weighted by molar-refractivity contribution is 7.17. The summed E-state index contributed by atoms with van der Waals surface area (Å²) in [7, 11) is 0. The molecular weight excluding hydrogens is 228 g/mol. The second-order valence-corrected chi connectivity index (χ2v) is 4.64. The SMILES string of the molecule is [C-]#[N+]c1cccc(-c2cc3ccsc3cn2)c1. The molecule has 0 aliphatic carbocycles. The van der Waals surface area contributed by atoms with Crippen LogP contribution in [0.4, 0.5) is 5.69 Å². The van der Waals surface area contributed by atoms with Gasteiger partial charge in [-0.3, -0.25) is 4.98 Å². The molecular formula is C14H8N2S. The fourth-order valence-electron chi connectivity index (χ4n) is 1.76. The quantitative estimate of drug-likeness (QED) is 0.568. The van der Waals surface area contributed by atoms with E-state index in [-0.39, 0.29) is 0 Å². The van der Waals surface area contributed by atoms with E-state index in [1.165, 1.54) is 10.1 Å². The molecule has 3 heteroatoms. The van der Waals surface area contributed by atoms with Gasteiger partial charge in [0.1, 0.15) is 0 Å². The number of hydrogen-bond donors (Lipinski definition) is 0. The molecule has 80 valence electrons. The maximum atomic E-state index is 7.02. The van der Waals surface area contributed by atoms with Crippen molar-refractivity contribution in [1.82, 2.24) is 4.98 Å². The van der Waals surface area contributed by atoms with E-state index in [1.54, 1.807) is 17.4 Å². The predicted octanol–water partition coefficient (Wildman–Crippen LogP) is 4.51.